The first-order chi connectivity index (χ1) is 12.4. The number of methoxy groups -OCH3 is 1. The van der Waals surface area contributed by atoms with Crippen molar-refractivity contribution in [2.75, 3.05) is 12.8 Å². The number of amides is 1. The van der Waals surface area contributed by atoms with Gasteiger partial charge >= 0.3 is 0 Å². The van der Waals surface area contributed by atoms with Crippen molar-refractivity contribution in [1.82, 2.24) is 14.8 Å². The number of hydrogen-bond donors (Lipinski definition) is 2. The van der Waals surface area contributed by atoms with Gasteiger partial charge in [-0.25, -0.2) is 9.07 Å². The predicted octanol–water partition coefficient (Wildman–Crippen LogP) is 2.34. The molecule has 2 aromatic heterocycles. The van der Waals surface area contributed by atoms with Crippen LogP contribution in [0.1, 0.15) is 21.7 Å². The number of anilines is 1. The molecule has 0 radical (unpaired) electrons. The second-order valence-electron chi connectivity index (χ2n) is 5.42. The molecule has 3 aromatic rings. The summed E-state index contributed by atoms with van der Waals surface area (Å²) in [5, 5.41) is 4.76. The maximum Gasteiger partial charge on any atom is 0.254 e. The number of aromatic nitrogens is 3. The van der Waals surface area contributed by atoms with Crippen LogP contribution in [0.25, 0.3) is 5.69 Å². The lowest BCUT2D eigenvalue weighted by Gasteiger charge is -2.10. The molecule has 9 heteroatoms. The number of primary amides is 1. The smallest absolute Gasteiger partial charge is 0.254 e. The van der Waals surface area contributed by atoms with E-state index in [0.717, 1.165) is 4.68 Å². The SMILES string of the molecule is COc1cccc(F)c1-n1nc(Cc2ccc(Cl)cn2)c(C(N)=O)c1N. The highest BCUT2D eigenvalue weighted by Gasteiger charge is 2.24. The van der Waals surface area contributed by atoms with Gasteiger partial charge in [0.15, 0.2) is 5.82 Å². The number of carbonyl (C=O) groups excluding carboxylic acids is 1. The Hall–Kier alpha value is -3.13. The van der Waals surface area contributed by atoms with E-state index in [2.05, 4.69) is 10.1 Å². The molecule has 0 saturated heterocycles. The standard InChI is InChI=1S/C17H15ClFN5O2/c1-26-13-4-2-3-11(19)15(13)24-16(20)14(17(21)25)12(23-24)7-10-6-5-9(18)8-22-10/h2-6,8H,7,20H2,1H3,(H2,21,25). The van der Waals surface area contributed by atoms with Gasteiger partial charge in [-0.3, -0.25) is 9.78 Å². The third-order valence-corrected chi connectivity index (χ3v) is 3.98. The van der Waals surface area contributed by atoms with Crippen LogP contribution in [-0.2, 0) is 6.42 Å². The van der Waals surface area contributed by atoms with E-state index >= 15 is 0 Å². The molecule has 26 heavy (non-hydrogen) atoms. The fourth-order valence-corrected chi connectivity index (χ4v) is 2.70. The molecule has 0 aliphatic rings. The first-order valence-corrected chi connectivity index (χ1v) is 7.90. The third kappa shape index (κ3) is 3.18. The van der Waals surface area contributed by atoms with Gasteiger partial charge in [0.2, 0.25) is 0 Å². The van der Waals surface area contributed by atoms with Crippen molar-refractivity contribution in [3.63, 3.8) is 0 Å². The Balaban J connectivity index is 2.15. The van der Waals surface area contributed by atoms with E-state index in [1.165, 1.54) is 25.4 Å². The lowest BCUT2D eigenvalue weighted by Crippen LogP contribution is -2.15. The summed E-state index contributed by atoms with van der Waals surface area (Å²) in [7, 11) is 1.39. The van der Waals surface area contributed by atoms with Crippen LogP contribution in [0.15, 0.2) is 36.5 Å². The van der Waals surface area contributed by atoms with E-state index in [1.807, 2.05) is 0 Å². The monoisotopic (exact) mass is 375 g/mol. The van der Waals surface area contributed by atoms with E-state index in [9.17, 15) is 9.18 Å². The van der Waals surface area contributed by atoms with Crippen LogP contribution < -0.4 is 16.2 Å². The van der Waals surface area contributed by atoms with Gasteiger partial charge in [-0.2, -0.15) is 5.10 Å². The number of carbonyl (C=O) groups is 1. The van der Waals surface area contributed by atoms with Gasteiger partial charge in [-0.1, -0.05) is 17.7 Å². The average molecular weight is 376 g/mol. The Kier molecular flexibility index (Phi) is 4.77. The number of halogens is 2. The predicted molar refractivity (Wildman–Crippen MR) is 95.1 cm³/mol. The summed E-state index contributed by atoms with van der Waals surface area (Å²) in [5.41, 5.74) is 12.4. The molecule has 0 saturated carbocycles. The Morgan fingerprint density at radius 2 is 2.12 bits per heavy atom. The number of rotatable bonds is 5. The van der Waals surface area contributed by atoms with Gasteiger partial charge in [0, 0.05) is 18.3 Å². The molecule has 0 spiro atoms. The zero-order chi connectivity index (χ0) is 18.8. The quantitative estimate of drug-likeness (QED) is 0.711. The van der Waals surface area contributed by atoms with Gasteiger partial charge in [-0.05, 0) is 24.3 Å². The molecule has 0 fully saturated rings. The summed E-state index contributed by atoms with van der Waals surface area (Å²) in [4.78, 5) is 16.1. The molecule has 0 atom stereocenters. The van der Waals surface area contributed by atoms with Gasteiger partial charge in [0.05, 0.1) is 17.8 Å². The average Bonchev–Trinajstić information content (AvgIpc) is 2.92. The Morgan fingerprint density at radius 3 is 2.73 bits per heavy atom. The number of para-hydroxylation sites is 1. The summed E-state index contributed by atoms with van der Waals surface area (Å²) in [6.07, 6.45) is 1.64. The van der Waals surface area contributed by atoms with Crippen molar-refractivity contribution in [3.05, 3.63) is 64.3 Å². The molecule has 0 bridgehead atoms. The third-order valence-electron chi connectivity index (χ3n) is 3.76. The molecule has 4 N–H and O–H groups in total. The molecule has 134 valence electrons. The van der Waals surface area contributed by atoms with E-state index in [0.29, 0.717) is 10.7 Å². The molecule has 7 nitrogen and oxygen atoms in total. The van der Waals surface area contributed by atoms with Crippen LogP contribution in [0, 0.1) is 5.82 Å². The van der Waals surface area contributed by atoms with Gasteiger partial charge in [0.25, 0.3) is 5.91 Å². The van der Waals surface area contributed by atoms with Crippen molar-refractivity contribution < 1.29 is 13.9 Å². The second-order valence-corrected chi connectivity index (χ2v) is 5.85. The number of nitrogens with zero attached hydrogens (tertiary/aromatic N) is 3. The highest BCUT2D eigenvalue weighted by atomic mass is 35.5. The maximum atomic E-state index is 14.4. The Morgan fingerprint density at radius 1 is 1.35 bits per heavy atom. The van der Waals surface area contributed by atoms with Gasteiger partial charge in [0.1, 0.15) is 22.8 Å². The molecule has 0 unspecified atom stereocenters. The van der Waals surface area contributed by atoms with Crippen LogP contribution in [-0.4, -0.2) is 27.8 Å². The van der Waals surface area contributed by atoms with Crippen LogP contribution in [0.2, 0.25) is 5.02 Å². The molecule has 2 heterocycles. The number of benzene rings is 1. The molecule has 3 rings (SSSR count). The first-order valence-electron chi connectivity index (χ1n) is 7.52. The first kappa shape index (κ1) is 17.7. The van der Waals surface area contributed by atoms with Crippen molar-refractivity contribution in [3.8, 4) is 11.4 Å². The molecule has 1 amide bonds. The molecular weight excluding hydrogens is 361 g/mol. The minimum absolute atomic E-state index is 0.00653. The molecule has 1 aromatic carbocycles. The zero-order valence-electron chi connectivity index (χ0n) is 13.7. The van der Waals surface area contributed by atoms with Crippen molar-refractivity contribution in [2.24, 2.45) is 5.73 Å². The molecular formula is C17H15ClFN5O2. The normalized spacial score (nSPS) is 10.7. The zero-order valence-corrected chi connectivity index (χ0v) is 14.5. The summed E-state index contributed by atoms with van der Waals surface area (Å²) < 4.78 is 20.7. The maximum absolute atomic E-state index is 14.4. The Bertz CT molecular complexity index is 972. The highest BCUT2D eigenvalue weighted by Crippen LogP contribution is 2.30. The van der Waals surface area contributed by atoms with E-state index in [-0.39, 0.29) is 34.9 Å². The Labute approximate surface area is 153 Å². The number of nitrogens with two attached hydrogens (primary N) is 2. The van der Waals surface area contributed by atoms with Crippen LogP contribution in [0.3, 0.4) is 0 Å². The summed E-state index contributed by atoms with van der Waals surface area (Å²) in [6, 6.07) is 7.64. The largest absolute Gasteiger partial charge is 0.494 e. The lowest BCUT2D eigenvalue weighted by atomic mass is 10.1. The fraction of sp³-hybridized carbons (Fsp3) is 0.118. The van der Waals surface area contributed by atoms with Crippen molar-refractivity contribution in [2.45, 2.75) is 6.42 Å². The summed E-state index contributed by atoms with van der Waals surface area (Å²) >= 11 is 5.82. The van der Waals surface area contributed by atoms with Crippen molar-refractivity contribution >= 4 is 23.3 Å². The lowest BCUT2D eigenvalue weighted by molar-refractivity contribution is 0.100. The number of hydrogen-bond acceptors (Lipinski definition) is 5. The van der Waals surface area contributed by atoms with E-state index in [1.54, 1.807) is 18.2 Å². The number of pyridine rings is 1. The summed E-state index contributed by atoms with van der Waals surface area (Å²) in [6.45, 7) is 0. The fourth-order valence-electron chi connectivity index (χ4n) is 2.59. The molecule has 0 aliphatic heterocycles. The van der Waals surface area contributed by atoms with Crippen LogP contribution >= 0.6 is 11.6 Å². The topological polar surface area (TPSA) is 109 Å². The van der Waals surface area contributed by atoms with E-state index in [4.69, 9.17) is 27.8 Å². The molecule has 0 aliphatic carbocycles. The van der Waals surface area contributed by atoms with Gasteiger partial charge in [-0.15, -0.1) is 0 Å². The van der Waals surface area contributed by atoms with Gasteiger partial charge < -0.3 is 16.2 Å². The highest BCUT2D eigenvalue weighted by molar-refractivity contribution is 6.30. The summed E-state index contributed by atoms with van der Waals surface area (Å²) in [5.74, 6) is -1.24. The minimum atomic E-state index is -0.770. The second kappa shape index (κ2) is 7.01. The minimum Gasteiger partial charge on any atom is -0.494 e. The van der Waals surface area contributed by atoms with Crippen LogP contribution in [0.4, 0.5) is 10.2 Å². The van der Waals surface area contributed by atoms with Crippen molar-refractivity contribution in [1.29, 1.82) is 0 Å². The van der Waals surface area contributed by atoms with Crippen LogP contribution in [0.5, 0.6) is 5.75 Å². The number of nitrogen functional groups attached to an aromatic ring is 1. The number of ether oxygens (including phenoxy) is 1. The van der Waals surface area contributed by atoms with E-state index < -0.39 is 11.7 Å².